The summed E-state index contributed by atoms with van der Waals surface area (Å²) in [6.45, 7) is 7.61. The van der Waals surface area contributed by atoms with Crippen LogP contribution < -0.4 is 5.32 Å². The average Bonchev–Trinajstić information content (AvgIpc) is 3.34. The lowest BCUT2D eigenvalue weighted by Crippen LogP contribution is -2.45. The summed E-state index contributed by atoms with van der Waals surface area (Å²) in [7, 11) is 0. The van der Waals surface area contributed by atoms with Crippen molar-refractivity contribution in [2.24, 2.45) is 0 Å². The van der Waals surface area contributed by atoms with E-state index in [2.05, 4.69) is 31.3 Å². The Balaban J connectivity index is 1.49. The summed E-state index contributed by atoms with van der Waals surface area (Å²) in [5.74, 6) is -0.755. The van der Waals surface area contributed by atoms with Gasteiger partial charge in [-0.25, -0.2) is 4.79 Å². The molecular formula is C31H29N3O3. The number of carbonyl (C=O) groups excluding carboxylic acids is 3. The topological polar surface area (TPSA) is 71.4 Å². The maximum absolute atomic E-state index is 13.9. The molecular weight excluding hydrogens is 462 g/mol. The molecule has 0 radical (unpaired) electrons. The third kappa shape index (κ3) is 3.95. The smallest absolute Gasteiger partial charge is 0.318 e. The third-order valence-electron chi connectivity index (χ3n) is 7.30. The second-order valence-corrected chi connectivity index (χ2v) is 9.62. The van der Waals surface area contributed by atoms with Gasteiger partial charge in [-0.2, -0.15) is 0 Å². The predicted molar refractivity (Wildman–Crippen MR) is 143 cm³/mol. The highest BCUT2D eigenvalue weighted by atomic mass is 16.2. The van der Waals surface area contributed by atoms with Crippen LogP contribution in [-0.2, 0) is 10.3 Å². The fourth-order valence-corrected chi connectivity index (χ4v) is 5.19. The van der Waals surface area contributed by atoms with Crippen LogP contribution in [0.25, 0.3) is 5.69 Å². The van der Waals surface area contributed by atoms with E-state index in [-0.39, 0.29) is 12.3 Å². The van der Waals surface area contributed by atoms with Crippen molar-refractivity contribution in [3.63, 3.8) is 0 Å². The number of Topliss-reactive ketones (excluding diaryl/α,β-unsaturated/α-hetero) is 1. The monoisotopic (exact) mass is 491 g/mol. The highest BCUT2D eigenvalue weighted by Crippen LogP contribution is 2.36. The molecule has 0 bridgehead atoms. The Hall–Kier alpha value is -4.45. The summed E-state index contributed by atoms with van der Waals surface area (Å²) in [6, 6.07) is 25.7. The highest BCUT2D eigenvalue weighted by molar-refractivity contribution is 6.13. The number of benzene rings is 3. The largest absolute Gasteiger partial charge is 0.325 e. The van der Waals surface area contributed by atoms with Crippen LogP contribution in [0.15, 0.2) is 84.9 Å². The molecule has 1 aliphatic rings. The average molecular weight is 492 g/mol. The zero-order valence-electron chi connectivity index (χ0n) is 21.4. The molecule has 4 aromatic rings. The van der Waals surface area contributed by atoms with Gasteiger partial charge in [0, 0.05) is 22.6 Å². The van der Waals surface area contributed by atoms with Gasteiger partial charge in [-0.3, -0.25) is 14.5 Å². The van der Waals surface area contributed by atoms with E-state index in [9.17, 15) is 14.4 Å². The Morgan fingerprint density at radius 3 is 1.95 bits per heavy atom. The summed E-state index contributed by atoms with van der Waals surface area (Å²) < 4.78 is 2.03. The molecule has 1 aliphatic heterocycles. The van der Waals surface area contributed by atoms with Gasteiger partial charge in [0.1, 0.15) is 0 Å². The Labute approximate surface area is 216 Å². The molecule has 6 heteroatoms. The van der Waals surface area contributed by atoms with Crippen LogP contribution in [-0.4, -0.2) is 33.7 Å². The van der Waals surface area contributed by atoms with E-state index in [1.165, 1.54) is 5.56 Å². The molecule has 2 heterocycles. The summed E-state index contributed by atoms with van der Waals surface area (Å²) in [4.78, 5) is 41.7. The van der Waals surface area contributed by atoms with Gasteiger partial charge in [-0.05, 0) is 68.1 Å². The summed E-state index contributed by atoms with van der Waals surface area (Å²) in [5, 5.41) is 2.91. The second-order valence-electron chi connectivity index (χ2n) is 9.62. The molecule has 6 nitrogen and oxygen atoms in total. The number of rotatable bonds is 6. The fraction of sp³-hybridized carbons (Fsp3) is 0.194. The number of hydrogen-bond donors (Lipinski definition) is 1. The van der Waals surface area contributed by atoms with Gasteiger partial charge in [0.25, 0.3) is 5.91 Å². The lowest BCUT2D eigenvalue weighted by atomic mass is 9.82. The molecule has 5 rings (SSSR count). The standard InChI is InChI=1S/C31H29N3O3/c1-20-15-16-26(17-21(20)2)34-22(3)18-27(23(34)4)28(35)19-33-29(36)31(32-30(33)37,24-11-7-5-8-12-24)25-13-9-6-10-14-25/h5-18H,19H2,1-4H3,(H,32,37). The van der Waals surface area contributed by atoms with Crippen LogP contribution in [0.3, 0.4) is 0 Å². The van der Waals surface area contributed by atoms with Crippen molar-refractivity contribution < 1.29 is 14.4 Å². The van der Waals surface area contributed by atoms with Gasteiger partial charge in [0.05, 0.1) is 6.54 Å². The number of carbonyl (C=O) groups is 3. The molecule has 186 valence electrons. The van der Waals surface area contributed by atoms with Gasteiger partial charge in [-0.1, -0.05) is 66.7 Å². The SMILES string of the molecule is Cc1ccc(-n2c(C)cc(C(=O)CN3C(=O)NC(c4ccccc4)(c4ccccc4)C3=O)c2C)cc1C. The fourth-order valence-electron chi connectivity index (χ4n) is 5.19. The van der Waals surface area contributed by atoms with Crippen molar-refractivity contribution in [1.29, 1.82) is 0 Å². The van der Waals surface area contributed by atoms with Gasteiger partial charge < -0.3 is 9.88 Å². The molecule has 0 spiro atoms. The van der Waals surface area contributed by atoms with Crippen molar-refractivity contribution in [3.05, 3.63) is 124 Å². The van der Waals surface area contributed by atoms with Gasteiger partial charge in [0.15, 0.2) is 11.3 Å². The Morgan fingerprint density at radius 2 is 1.38 bits per heavy atom. The van der Waals surface area contributed by atoms with Crippen molar-refractivity contribution >= 4 is 17.7 Å². The molecule has 37 heavy (non-hydrogen) atoms. The number of aryl methyl sites for hydroxylation is 3. The normalized spacial score (nSPS) is 14.6. The molecule has 1 fully saturated rings. The van der Waals surface area contributed by atoms with E-state index >= 15 is 0 Å². The van der Waals surface area contributed by atoms with Crippen LogP contribution in [0.2, 0.25) is 0 Å². The van der Waals surface area contributed by atoms with E-state index < -0.39 is 17.5 Å². The zero-order chi connectivity index (χ0) is 26.3. The first-order valence-electron chi connectivity index (χ1n) is 12.3. The third-order valence-corrected chi connectivity index (χ3v) is 7.30. The summed E-state index contributed by atoms with van der Waals surface area (Å²) >= 11 is 0. The predicted octanol–water partition coefficient (Wildman–Crippen LogP) is 5.39. The van der Waals surface area contributed by atoms with Crippen LogP contribution in [0.4, 0.5) is 4.79 Å². The molecule has 0 saturated carbocycles. The number of aromatic nitrogens is 1. The molecule has 0 unspecified atom stereocenters. The minimum atomic E-state index is -1.39. The second kappa shape index (κ2) is 9.21. The number of nitrogens with one attached hydrogen (secondary N) is 1. The number of nitrogens with zero attached hydrogens (tertiary/aromatic N) is 2. The van der Waals surface area contributed by atoms with Crippen LogP contribution in [0.5, 0.6) is 0 Å². The van der Waals surface area contributed by atoms with Crippen LogP contribution in [0, 0.1) is 27.7 Å². The zero-order valence-corrected chi connectivity index (χ0v) is 21.4. The van der Waals surface area contributed by atoms with E-state index in [0.29, 0.717) is 16.7 Å². The molecule has 1 aromatic heterocycles. The molecule has 3 aromatic carbocycles. The molecule has 1 N–H and O–H groups in total. The minimum Gasteiger partial charge on any atom is -0.318 e. The number of imide groups is 1. The first-order chi connectivity index (χ1) is 17.7. The Bertz CT molecular complexity index is 1480. The van der Waals surface area contributed by atoms with Crippen molar-refractivity contribution in [1.82, 2.24) is 14.8 Å². The quantitative estimate of drug-likeness (QED) is 0.290. The first kappa shape index (κ1) is 24.3. The van der Waals surface area contributed by atoms with Crippen molar-refractivity contribution in [3.8, 4) is 5.69 Å². The van der Waals surface area contributed by atoms with Crippen LogP contribution in [0.1, 0.15) is 44.0 Å². The summed E-state index contributed by atoms with van der Waals surface area (Å²) in [5.41, 5.74) is 5.39. The Kier molecular flexibility index (Phi) is 6.04. The molecule has 3 amide bonds. The number of ketones is 1. The number of amides is 3. The first-order valence-corrected chi connectivity index (χ1v) is 12.3. The number of hydrogen-bond acceptors (Lipinski definition) is 3. The number of urea groups is 1. The molecule has 1 saturated heterocycles. The van der Waals surface area contributed by atoms with Crippen molar-refractivity contribution in [2.45, 2.75) is 33.2 Å². The lowest BCUT2D eigenvalue weighted by Gasteiger charge is -2.28. The van der Waals surface area contributed by atoms with Gasteiger partial charge in [-0.15, -0.1) is 0 Å². The van der Waals surface area contributed by atoms with Crippen LogP contribution >= 0.6 is 0 Å². The highest BCUT2D eigenvalue weighted by Gasteiger charge is 2.54. The van der Waals surface area contributed by atoms with Gasteiger partial charge in [0.2, 0.25) is 0 Å². The van der Waals surface area contributed by atoms with E-state index in [4.69, 9.17) is 0 Å². The Morgan fingerprint density at radius 1 is 0.784 bits per heavy atom. The lowest BCUT2D eigenvalue weighted by molar-refractivity contribution is -0.129. The maximum Gasteiger partial charge on any atom is 0.325 e. The van der Waals surface area contributed by atoms with E-state index in [0.717, 1.165) is 27.5 Å². The minimum absolute atomic E-state index is 0.288. The molecule has 0 aliphatic carbocycles. The van der Waals surface area contributed by atoms with E-state index in [1.54, 1.807) is 0 Å². The summed E-state index contributed by atoms with van der Waals surface area (Å²) in [6.07, 6.45) is 0. The van der Waals surface area contributed by atoms with E-state index in [1.807, 2.05) is 91.2 Å². The molecule has 0 atom stereocenters. The van der Waals surface area contributed by atoms with Gasteiger partial charge >= 0.3 is 6.03 Å². The maximum atomic E-state index is 13.9. The van der Waals surface area contributed by atoms with Crippen molar-refractivity contribution in [2.75, 3.05) is 6.54 Å².